The van der Waals surface area contributed by atoms with Gasteiger partial charge in [0.25, 0.3) is 0 Å². The van der Waals surface area contributed by atoms with Crippen molar-refractivity contribution in [2.75, 3.05) is 31.1 Å². The van der Waals surface area contributed by atoms with Crippen molar-refractivity contribution in [2.45, 2.75) is 40.0 Å². The topological polar surface area (TPSA) is 61.8 Å². The van der Waals surface area contributed by atoms with Crippen molar-refractivity contribution < 1.29 is 9.13 Å². The van der Waals surface area contributed by atoms with Crippen molar-refractivity contribution in [1.29, 1.82) is 0 Å². The normalized spacial score (nSPS) is 17.3. The highest BCUT2D eigenvalue weighted by Crippen LogP contribution is 2.16. The van der Waals surface area contributed by atoms with Crippen LogP contribution in [0.15, 0.2) is 41.5 Å². The number of ether oxygens (including phenoxy) is 1. The second-order valence-corrected chi connectivity index (χ2v) is 7.28. The molecule has 6 nitrogen and oxygen atoms in total. The lowest BCUT2D eigenvalue weighted by atomic mass is 10.1. The standard InChI is InChI=1S/C22H30FN5O/c1-4-24-22(26-13-18-6-5-16(2)20(23)11-18)27-14-19-7-8-25-21(12-19)28-9-10-29-17(3)15-28/h5-8,11-12,17H,4,9-10,13-15H2,1-3H3,(H2,24,26,27). The minimum absolute atomic E-state index is 0.197. The maximum absolute atomic E-state index is 13.7. The Morgan fingerprint density at radius 1 is 1.28 bits per heavy atom. The van der Waals surface area contributed by atoms with Gasteiger partial charge in [0.1, 0.15) is 11.6 Å². The Labute approximate surface area is 172 Å². The number of rotatable bonds is 6. The van der Waals surface area contributed by atoms with Gasteiger partial charge in [-0.1, -0.05) is 12.1 Å². The molecule has 2 aromatic rings. The monoisotopic (exact) mass is 399 g/mol. The zero-order chi connectivity index (χ0) is 20.6. The summed E-state index contributed by atoms with van der Waals surface area (Å²) in [5.41, 5.74) is 2.62. The van der Waals surface area contributed by atoms with E-state index in [2.05, 4.69) is 38.5 Å². The fourth-order valence-electron chi connectivity index (χ4n) is 3.20. The first-order valence-corrected chi connectivity index (χ1v) is 10.1. The van der Waals surface area contributed by atoms with Crippen LogP contribution in [0.3, 0.4) is 0 Å². The first-order valence-electron chi connectivity index (χ1n) is 10.1. The highest BCUT2D eigenvalue weighted by atomic mass is 19.1. The predicted octanol–water partition coefficient (Wildman–Crippen LogP) is 3.01. The van der Waals surface area contributed by atoms with Crippen LogP contribution in [0, 0.1) is 12.7 Å². The molecule has 3 rings (SSSR count). The summed E-state index contributed by atoms with van der Waals surface area (Å²) in [5.74, 6) is 1.47. The third kappa shape index (κ3) is 6.15. The van der Waals surface area contributed by atoms with Crippen molar-refractivity contribution >= 4 is 11.8 Å². The number of aromatic nitrogens is 1. The number of benzene rings is 1. The molecule has 29 heavy (non-hydrogen) atoms. The number of hydrogen-bond acceptors (Lipinski definition) is 4. The van der Waals surface area contributed by atoms with Crippen molar-refractivity contribution in [2.24, 2.45) is 4.99 Å². The molecule has 1 saturated heterocycles. The van der Waals surface area contributed by atoms with E-state index in [-0.39, 0.29) is 11.9 Å². The number of aliphatic imine (C=N–C) groups is 1. The molecule has 156 valence electrons. The van der Waals surface area contributed by atoms with Crippen LogP contribution >= 0.6 is 0 Å². The van der Waals surface area contributed by atoms with E-state index in [1.54, 1.807) is 19.1 Å². The van der Waals surface area contributed by atoms with Crippen molar-refractivity contribution in [1.82, 2.24) is 15.6 Å². The number of aryl methyl sites for hydroxylation is 1. The number of halogens is 1. The molecule has 0 amide bonds. The summed E-state index contributed by atoms with van der Waals surface area (Å²) in [6, 6.07) is 9.33. The molecule has 0 aliphatic carbocycles. The summed E-state index contributed by atoms with van der Waals surface area (Å²) in [4.78, 5) is 11.3. The number of hydrogen-bond donors (Lipinski definition) is 2. The maximum atomic E-state index is 13.7. The Balaban J connectivity index is 1.62. The summed E-state index contributed by atoms with van der Waals surface area (Å²) in [7, 11) is 0. The van der Waals surface area contributed by atoms with Crippen LogP contribution in [-0.4, -0.2) is 43.3 Å². The summed E-state index contributed by atoms with van der Waals surface area (Å²) in [6.45, 7) is 10.1. The van der Waals surface area contributed by atoms with Crippen LogP contribution in [0.2, 0.25) is 0 Å². The minimum Gasteiger partial charge on any atom is -0.375 e. The minimum atomic E-state index is -0.197. The van der Waals surface area contributed by atoms with Crippen LogP contribution in [0.25, 0.3) is 0 Å². The number of nitrogens with one attached hydrogen (secondary N) is 2. The first-order chi connectivity index (χ1) is 14.0. The van der Waals surface area contributed by atoms with Crippen LogP contribution in [0.5, 0.6) is 0 Å². The third-order valence-electron chi connectivity index (χ3n) is 4.84. The second kappa shape index (κ2) is 10.2. The number of morpholine rings is 1. The molecule has 1 fully saturated rings. The molecule has 2 N–H and O–H groups in total. The quantitative estimate of drug-likeness (QED) is 0.578. The molecule has 1 aliphatic heterocycles. The SMILES string of the molecule is CCNC(=NCc1ccc(C)c(F)c1)NCc1ccnc(N2CCOC(C)C2)c1. The molecule has 1 aromatic carbocycles. The fraction of sp³-hybridized carbons (Fsp3) is 0.455. The zero-order valence-electron chi connectivity index (χ0n) is 17.4. The predicted molar refractivity (Wildman–Crippen MR) is 115 cm³/mol. The maximum Gasteiger partial charge on any atom is 0.191 e. The summed E-state index contributed by atoms with van der Waals surface area (Å²) < 4.78 is 19.4. The third-order valence-corrected chi connectivity index (χ3v) is 4.84. The van der Waals surface area contributed by atoms with E-state index in [1.165, 1.54) is 0 Å². The van der Waals surface area contributed by atoms with Gasteiger partial charge in [0.15, 0.2) is 5.96 Å². The van der Waals surface area contributed by atoms with Crippen LogP contribution in [0.4, 0.5) is 10.2 Å². The molecule has 0 saturated carbocycles. The molecule has 1 aromatic heterocycles. The van der Waals surface area contributed by atoms with Gasteiger partial charge in [0.05, 0.1) is 19.3 Å². The smallest absolute Gasteiger partial charge is 0.191 e. The van der Waals surface area contributed by atoms with E-state index in [0.29, 0.717) is 24.6 Å². The van der Waals surface area contributed by atoms with Gasteiger partial charge in [-0.2, -0.15) is 0 Å². The average Bonchev–Trinajstić information content (AvgIpc) is 2.73. The van der Waals surface area contributed by atoms with Gasteiger partial charge in [-0.3, -0.25) is 0 Å². The molecule has 0 spiro atoms. The highest BCUT2D eigenvalue weighted by molar-refractivity contribution is 5.79. The Morgan fingerprint density at radius 3 is 2.90 bits per heavy atom. The van der Waals surface area contributed by atoms with E-state index in [0.717, 1.165) is 43.2 Å². The van der Waals surface area contributed by atoms with Gasteiger partial charge in [0, 0.05) is 32.4 Å². The van der Waals surface area contributed by atoms with E-state index in [9.17, 15) is 4.39 Å². The van der Waals surface area contributed by atoms with E-state index < -0.39 is 0 Å². The molecule has 1 aliphatic rings. The Kier molecular flexibility index (Phi) is 7.41. The average molecular weight is 400 g/mol. The van der Waals surface area contributed by atoms with Gasteiger partial charge in [0.2, 0.25) is 0 Å². The van der Waals surface area contributed by atoms with Gasteiger partial charge in [-0.15, -0.1) is 0 Å². The van der Waals surface area contributed by atoms with Crippen LogP contribution in [0.1, 0.15) is 30.5 Å². The lowest BCUT2D eigenvalue weighted by Gasteiger charge is -2.32. The number of anilines is 1. The first kappa shape index (κ1) is 21.0. The molecule has 1 unspecified atom stereocenters. The Hall–Kier alpha value is -2.67. The van der Waals surface area contributed by atoms with E-state index in [1.807, 2.05) is 25.3 Å². The summed E-state index contributed by atoms with van der Waals surface area (Å²) in [5, 5.41) is 6.58. The molecule has 0 radical (unpaired) electrons. The number of guanidine groups is 1. The van der Waals surface area contributed by atoms with Crippen LogP contribution in [-0.2, 0) is 17.8 Å². The van der Waals surface area contributed by atoms with Crippen molar-refractivity contribution in [3.05, 3.63) is 59.0 Å². The molecule has 0 bridgehead atoms. The van der Waals surface area contributed by atoms with Crippen molar-refractivity contribution in [3.63, 3.8) is 0 Å². The fourth-order valence-corrected chi connectivity index (χ4v) is 3.20. The van der Waals surface area contributed by atoms with Crippen molar-refractivity contribution in [3.8, 4) is 0 Å². The summed E-state index contributed by atoms with van der Waals surface area (Å²) in [6.07, 6.45) is 2.05. The number of pyridine rings is 1. The molecular weight excluding hydrogens is 369 g/mol. The molecule has 2 heterocycles. The van der Waals surface area contributed by atoms with Crippen LogP contribution < -0.4 is 15.5 Å². The van der Waals surface area contributed by atoms with Gasteiger partial charge in [-0.05, 0) is 55.7 Å². The largest absolute Gasteiger partial charge is 0.375 e. The van der Waals surface area contributed by atoms with E-state index >= 15 is 0 Å². The van der Waals surface area contributed by atoms with Gasteiger partial charge in [-0.25, -0.2) is 14.4 Å². The molecule has 7 heteroatoms. The Bertz CT molecular complexity index is 842. The number of nitrogens with zero attached hydrogens (tertiary/aromatic N) is 3. The van der Waals surface area contributed by atoms with E-state index in [4.69, 9.17) is 4.74 Å². The molecular formula is C22H30FN5O. The molecule has 1 atom stereocenters. The lowest BCUT2D eigenvalue weighted by molar-refractivity contribution is 0.0529. The van der Waals surface area contributed by atoms with Gasteiger partial charge >= 0.3 is 0 Å². The second-order valence-electron chi connectivity index (χ2n) is 7.28. The lowest BCUT2D eigenvalue weighted by Crippen LogP contribution is -2.41. The zero-order valence-corrected chi connectivity index (χ0v) is 17.4. The Morgan fingerprint density at radius 2 is 2.14 bits per heavy atom. The highest BCUT2D eigenvalue weighted by Gasteiger charge is 2.18. The van der Waals surface area contributed by atoms with Gasteiger partial charge < -0.3 is 20.3 Å². The summed E-state index contributed by atoms with van der Waals surface area (Å²) >= 11 is 0.